The van der Waals surface area contributed by atoms with Gasteiger partial charge in [-0.15, -0.1) is 0 Å². The highest BCUT2D eigenvalue weighted by Crippen LogP contribution is 2.27. The van der Waals surface area contributed by atoms with Crippen molar-refractivity contribution in [2.75, 3.05) is 40.3 Å². The van der Waals surface area contributed by atoms with Gasteiger partial charge in [0.1, 0.15) is 0 Å². The molecule has 3 unspecified atom stereocenters. The number of likely N-dealkylation sites (tertiary alicyclic amines) is 1. The first kappa shape index (κ1) is 15.3. The Kier molecular flexibility index (Phi) is 6.11. The van der Waals surface area contributed by atoms with Crippen molar-refractivity contribution in [3.8, 4) is 0 Å². The summed E-state index contributed by atoms with van der Waals surface area (Å²) in [6.45, 7) is 7.38. The van der Waals surface area contributed by atoms with Crippen molar-refractivity contribution >= 4 is 0 Å². The van der Waals surface area contributed by atoms with E-state index in [1.54, 1.807) is 0 Å². The molecule has 3 nitrogen and oxygen atoms in total. The summed E-state index contributed by atoms with van der Waals surface area (Å²) in [7, 11) is 4.45. The van der Waals surface area contributed by atoms with Gasteiger partial charge in [-0.25, -0.2) is 0 Å². The second-order valence-electron chi connectivity index (χ2n) is 6.77. The van der Waals surface area contributed by atoms with E-state index in [0.29, 0.717) is 0 Å². The average Bonchev–Trinajstić information content (AvgIpc) is 2.86. The third-order valence-corrected chi connectivity index (χ3v) is 5.04. The summed E-state index contributed by atoms with van der Waals surface area (Å²) >= 11 is 0. The minimum Gasteiger partial charge on any atom is -0.314 e. The van der Waals surface area contributed by atoms with Crippen molar-refractivity contribution in [1.82, 2.24) is 15.1 Å². The second-order valence-corrected chi connectivity index (χ2v) is 6.77. The molecule has 3 atom stereocenters. The van der Waals surface area contributed by atoms with Crippen LogP contribution in [-0.2, 0) is 0 Å². The van der Waals surface area contributed by atoms with E-state index in [1.165, 1.54) is 64.7 Å². The van der Waals surface area contributed by atoms with Crippen LogP contribution in [0.1, 0.15) is 45.4 Å². The summed E-state index contributed by atoms with van der Waals surface area (Å²) in [5, 5.41) is 3.79. The molecule has 1 N–H and O–H groups in total. The van der Waals surface area contributed by atoms with E-state index in [1.807, 2.05) is 0 Å². The van der Waals surface area contributed by atoms with Gasteiger partial charge < -0.3 is 15.1 Å². The molecule has 0 aromatic heterocycles. The van der Waals surface area contributed by atoms with E-state index in [2.05, 4.69) is 36.1 Å². The third-order valence-electron chi connectivity index (χ3n) is 5.04. The van der Waals surface area contributed by atoms with Gasteiger partial charge in [0.05, 0.1) is 0 Å². The molecule has 1 heterocycles. The lowest BCUT2D eigenvalue weighted by Gasteiger charge is -2.35. The van der Waals surface area contributed by atoms with Crippen LogP contribution in [0.15, 0.2) is 0 Å². The summed E-state index contributed by atoms with van der Waals surface area (Å²) in [6.07, 6.45) is 8.32. The Labute approximate surface area is 119 Å². The standard InChI is InChI=1S/C16H33N3/c1-4-10-17-16-8-6-5-7-14(16)12-19-11-9-15(13-19)18(2)3/h14-17H,4-13H2,1-3H3. The van der Waals surface area contributed by atoms with Gasteiger partial charge in [-0.05, 0) is 58.8 Å². The second kappa shape index (κ2) is 7.61. The molecule has 2 fully saturated rings. The molecule has 3 heteroatoms. The number of nitrogens with zero attached hydrogens (tertiary/aromatic N) is 2. The minimum atomic E-state index is 0.783. The number of likely N-dealkylation sites (N-methyl/N-ethyl adjacent to an activating group) is 1. The first-order valence-electron chi connectivity index (χ1n) is 8.33. The molecule has 2 aliphatic rings. The lowest BCUT2D eigenvalue weighted by Crippen LogP contribution is -2.44. The molecule has 1 saturated carbocycles. The summed E-state index contributed by atoms with van der Waals surface area (Å²) in [6, 6.07) is 1.57. The highest BCUT2D eigenvalue weighted by Gasteiger charge is 2.30. The molecule has 0 aromatic carbocycles. The number of nitrogens with one attached hydrogen (secondary N) is 1. The average molecular weight is 267 g/mol. The van der Waals surface area contributed by atoms with Gasteiger partial charge in [-0.3, -0.25) is 0 Å². The lowest BCUT2D eigenvalue weighted by molar-refractivity contribution is 0.180. The number of hydrogen-bond donors (Lipinski definition) is 1. The van der Waals surface area contributed by atoms with E-state index < -0.39 is 0 Å². The monoisotopic (exact) mass is 267 g/mol. The molecule has 19 heavy (non-hydrogen) atoms. The van der Waals surface area contributed by atoms with Gasteiger partial charge in [0.25, 0.3) is 0 Å². The zero-order chi connectivity index (χ0) is 13.7. The first-order chi connectivity index (χ1) is 9.20. The number of hydrogen-bond acceptors (Lipinski definition) is 3. The van der Waals surface area contributed by atoms with Crippen LogP contribution in [0.4, 0.5) is 0 Å². The predicted octanol–water partition coefficient (Wildman–Crippen LogP) is 2.18. The van der Waals surface area contributed by atoms with Crippen LogP contribution in [-0.4, -0.2) is 62.2 Å². The fraction of sp³-hybridized carbons (Fsp3) is 1.00. The van der Waals surface area contributed by atoms with E-state index in [4.69, 9.17) is 0 Å². The Balaban J connectivity index is 1.79. The van der Waals surface area contributed by atoms with Gasteiger partial charge in [0.2, 0.25) is 0 Å². The SMILES string of the molecule is CCCNC1CCCCC1CN1CCC(N(C)C)C1. The van der Waals surface area contributed by atoms with Crippen molar-refractivity contribution in [3.63, 3.8) is 0 Å². The molecule has 1 saturated heterocycles. The zero-order valence-corrected chi connectivity index (χ0v) is 13.2. The molecular weight excluding hydrogens is 234 g/mol. The van der Waals surface area contributed by atoms with E-state index in [0.717, 1.165) is 18.0 Å². The zero-order valence-electron chi connectivity index (χ0n) is 13.2. The largest absolute Gasteiger partial charge is 0.314 e. The van der Waals surface area contributed by atoms with Crippen LogP contribution in [0, 0.1) is 5.92 Å². The molecule has 2 rings (SSSR count). The predicted molar refractivity (Wildman–Crippen MR) is 82.6 cm³/mol. The summed E-state index contributed by atoms with van der Waals surface area (Å²) in [5.41, 5.74) is 0. The van der Waals surface area contributed by atoms with Gasteiger partial charge in [0.15, 0.2) is 0 Å². The van der Waals surface area contributed by atoms with Crippen LogP contribution in [0.2, 0.25) is 0 Å². The van der Waals surface area contributed by atoms with Crippen LogP contribution in [0.5, 0.6) is 0 Å². The Hall–Kier alpha value is -0.120. The van der Waals surface area contributed by atoms with E-state index >= 15 is 0 Å². The Bertz CT molecular complexity index is 254. The smallest absolute Gasteiger partial charge is 0.0229 e. The fourth-order valence-corrected chi connectivity index (χ4v) is 3.76. The fourth-order valence-electron chi connectivity index (χ4n) is 3.76. The molecule has 0 radical (unpaired) electrons. The third kappa shape index (κ3) is 4.44. The minimum absolute atomic E-state index is 0.783. The Morgan fingerprint density at radius 3 is 2.63 bits per heavy atom. The van der Waals surface area contributed by atoms with Crippen molar-refractivity contribution in [1.29, 1.82) is 0 Å². The Morgan fingerprint density at radius 1 is 1.16 bits per heavy atom. The summed E-state index contributed by atoms with van der Waals surface area (Å²) in [5.74, 6) is 0.890. The topological polar surface area (TPSA) is 18.5 Å². The molecule has 0 bridgehead atoms. The van der Waals surface area contributed by atoms with E-state index in [9.17, 15) is 0 Å². The summed E-state index contributed by atoms with van der Waals surface area (Å²) < 4.78 is 0. The molecule has 112 valence electrons. The van der Waals surface area contributed by atoms with Gasteiger partial charge in [-0.1, -0.05) is 19.8 Å². The van der Waals surface area contributed by atoms with Crippen molar-refractivity contribution in [3.05, 3.63) is 0 Å². The maximum Gasteiger partial charge on any atom is 0.0229 e. The van der Waals surface area contributed by atoms with Crippen molar-refractivity contribution in [2.24, 2.45) is 5.92 Å². The van der Waals surface area contributed by atoms with E-state index in [-0.39, 0.29) is 0 Å². The van der Waals surface area contributed by atoms with Crippen LogP contribution in [0.25, 0.3) is 0 Å². The molecule has 0 aromatic rings. The molecule has 0 amide bonds. The highest BCUT2D eigenvalue weighted by atomic mass is 15.2. The van der Waals surface area contributed by atoms with Crippen LogP contribution >= 0.6 is 0 Å². The quantitative estimate of drug-likeness (QED) is 0.796. The molecule has 1 aliphatic heterocycles. The molecule has 1 aliphatic carbocycles. The maximum absolute atomic E-state index is 3.79. The molecular formula is C16H33N3. The van der Waals surface area contributed by atoms with Gasteiger partial charge in [0, 0.05) is 25.2 Å². The van der Waals surface area contributed by atoms with Crippen LogP contribution in [0.3, 0.4) is 0 Å². The lowest BCUT2D eigenvalue weighted by atomic mass is 9.84. The molecule has 0 spiro atoms. The number of rotatable bonds is 6. The van der Waals surface area contributed by atoms with Crippen molar-refractivity contribution in [2.45, 2.75) is 57.5 Å². The summed E-state index contributed by atoms with van der Waals surface area (Å²) in [4.78, 5) is 5.11. The Morgan fingerprint density at radius 2 is 1.95 bits per heavy atom. The van der Waals surface area contributed by atoms with Crippen LogP contribution < -0.4 is 5.32 Å². The normalized spacial score (nSPS) is 33.2. The van der Waals surface area contributed by atoms with Crippen molar-refractivity contribution < 1.29 is 0 Å². The highest BCUT2D eigenvalue weighted by molar-refractivity contribution is 4.87. The van der Waals surface area contributed by atoms with Gasteiger partial charge >= 0.3 is 0 Å². The first-order valence-corrected chi connectivity index (χ1v) is 8.33. The maximum atomic E-state index is 3.79. The van der Waals surface area contributed by atoms with Gasteiger partial charge in [-0.2, -0.15) is 0 Å².